The third-order valence-electron chi connectivity index (χ3n) is 5.78. The molecule has 1 atom stereocenters. The SMILES string of the molecule is CCC(C(=O)N1CCC(NCc2ccc(C)c([N+](=O)[O-])c2)CC1)c1ccccc1. The second-order valence-electron chi connectivity index (χ2n) is 7.73. The van der Waals surface area contributed by atoms with Crippen LogP contribution in [0.3, 0.4) is 0 Å². The van der Waals surface area contributed by atoms with E-state index in [4.69, 9.17) is 0 Å². The fourth-order valence-electron chi connectivity index (χ4n) is 3.99. The summed E-state index contributed by atoms with van der Waals surface area (Å²) in [6.07, 6.45) is 2.59. The number of amides is 1. The lowest BCUT2D eigenvalue weighted by Crippen LogP contribution is -2.46. The molecular formula is C23H29N3O3. The van der Waals surface area contributed by atoms with Gasteiger partial charge in [0, 0.05) is 37.3 Å². The topological polar surface area (TPSA) is 75.5 Å². The predicted molar refractivity (Wildman–Crippen MR) is 114 cm³/mol. The number of nitro benzene ring substituents is 1. The summed E-state index contributed by atoms with van der Waals surface area (Å²) in [5.74, 6) is 0.139. The summed E-state index contributed by atoms with van der Waals surface area (Å²) in [7, 11) is 0. The van der Waals surface area contributed by atoms with Crippen LogP contribution < -0.4 is 5.32 Å². The van der Waals surface area contributed by atoms with Crippen LogP contribution in [0.4, 0.5) is 5.69 Å². The fourth-order valence-corrected chi connectivity index (χ4v) is 3.99. The molecule has 0 aliphatic carbocycles. The van der Waals surface area contributed by atoms with Crippen molar-refractivity contribution in [1.82, 2.24) is 10.2 Å². The Balaban J connectivity index is 1.52. The number of hydrogen-bond acceptors (Lipinski definition) is 4. The van der Waals surface area contributed by atoms with Gasteiger partial charge in [-0.15, -0.1) is 0 Å². The molecule has 6 nitrogen and oxygen atoms in total. The molecule has 1 heterocycles. The number of nitrogens with one attached hydrogen (secondary N) is 1. The molecule has 2 aromatic rings. The maximum absolute atomic E-state index is 13.0. The Bertz CT molecular complexity index is 846. The van der Waals surface area contributed by atoms with E-state index >= 15 is 0 Å². The van der Waals surface area contributed by atoms with Gasteiger partial charge in [0.05, 0.1) is 10.8 Å². The molecule has 1 aliphatic heterocycles. The van der Waals surface area contributed by atoms with Crippen molar-refractivity contribution in [2.24, 2.45) is 0 Å². The van der Waals surface area contributed by atoms with Gasteiger partial charge in [0.15, 0.2) is 0 Å². The van der Waals surface area contributed by atoms with Crippen molar-refractivity contribution in [2.45, 2.75) is 51.6 Å². The summed E-state index contributed by atoms with van der Waals surface area (Å²) in [5.41, 5.74) is 2.84. The quantitative estimate of drug-likeness (QED) is 0.564. The van der Waals surface area contributed by atoms with Crippen LogP contribution in [-0.2, 0) is 11.3 Å². The number of likely N-dealkylation sites (tertiary alicyclic amines) is 1. The molecule has 1 aliphatic rings. The first-order chi connectivity index (χ1) is 14.0. The van der Waals surface area contributed by atoms with Gasteiger partial charge >= 0.3 is 0 Å². The fraction of sp³-hybridized carbons (Fsp3) is 0.435. The molecule has 0 bridgehead atoms. The number of nitro groups is 1. The van der Waals surface area contributed by atoms with E-state index in [2.05, 4.69) is 12.2 Å². The van der Waals surface area contributed by atoms with E-state index in [0.29, 0.717) is 18.2 Å². The second kappa shape index (κ2) is 9.65. The van der Waals surface area contributed by atoms with E-state index in [1.165, 1.54) is 0 Å². The minimum atomic E-state index is -0.334. The monoisotopic (exact) mass is 395 g/mol. The van der Waals surface area contributed by atoms with Crippen molar-refractivity contribution in [3.63, 3.8) is 0 Å². The zero-order valence-electron chi connectivity index (χ0n) is 17.1. The third-order valence-corrected chi connectivity index (χ3v) is 5.78. The van der Waals surface area contributed by atoms with Crippen LogP contribution in [0.2, 0.25) is 0 Å². The zero-order valence-corrected chi connectivity index (χ0v) is 17.1. The molecule has 0 spiro atoms. The van der Waals surface area contributed by atoms with E-state index in [9.17, 15) is 14.9 Å². The molecule has 0 aromatic heterocycles. The Morgan fingerprint density at radius 2 is 1.90 bits per heavy atom. The average Bonchev–Trinajstić information content (AvgIpc) is 2.74. The van der Waals surface area contributed by atoms with Crippen molar-refractivity contribution in [2.75, 3.05) is 13.1 Å². The lowest BCUT2D eigenvalue weighted by molar-refractivity contribution is -0.385. The summed E-state index contributed by atoms with van der Waals surface area (Å²) in [6, 6.07) is 15.7. The van der Waals surface area contributed by atoms with E-state index in [0.717, 1.165) is 43.5 Å². The Hall–Kier alpha value is -2.73. The van der Waals surface area contributed by atoms with Gasteiger partial charge in [-0.05, 0) is 37.3 Å². The van der Waals surface area contributed by atoms with Crippen LogP contribution >= 0.6 is 0 Å². The highest BCUT2D eigenvalue weighted by atomic mass is 16.6. The van der Waals surface area contributed by atoms with Crippen LogP contribution in [0.15, 0.2) is 48.5 Å². The number of carbonyl (C=O) groups is 1. The minimum Gasteiger partial charge on any atom is -0.342 e. The summed E-state index contributed by atoms with van der Waals surface area (Å²) in [6.45, 7) is 5.90. The second-order valence-corrected chi connectivity index (χ2v) is 7.73. The number of carbonyl (C=O) groups excluding carboxylic acids is 1. The van der Waals surface area contributed by atoms with Crippen LogP contribution in [-0.4, -0.2) is 34.9 Å². The largest absolute Gasteiger partial charge is 0.342 e. The Labute approximate surface area is 172 Å². The van der Waals surface area contributed by atoms with Gasteiger partial charge in [0.25, 0.3) is 5.69 Å². The smallest absolute Gasteiger partial charge is 0.272 e. The Morgan fingerprint density at radius 3 is 2.52 bits per heavy atom. The van der Waals surface area contributed by atoms with Crippen molar-refractivity contribution in [3.8, 4) is 0 Å². The van der Waals surface area contributed by atoms with E-state index in [1.54, 1.807) is 19.1 Å². The maximum atomic E-state index is 13.0. The Morgan fingerprint density at radius 1 is 1.21 bits per heavy atom. The van der Waals surface area contributed by atoms with Crippen LogP contribution in [0.1, 0.15) is 48.8 Å². The normalized spacial score (nSPS) is 15.9. The van der Waals surface area contributed by atoms with Crippen molar-refractivity contribution in [3.05, 3.63) is 75.3 Å². The number of piperidine rings is 1. The molecule has 1 unspecified atom stereocenters. The van der Waals surface area contributed by atoms with E-state index in [-0.39, 0.29) is 22.4 Å². The summed E-state index contributed by atoms with van der Waals surface area (Å²) >= 11 is 0. The molecule has 29 heavy (non-hydrogen) atoms. The van der Waals surface area contributed by atoms with Crippen molar-refractivity contribution in [1.29, 1.82) is 0 Å². The molecule has 1 N–H and O–H groups in total. The van der Waals surface area contributed by atoms with Crippen LogP contribution in [0.25, 0.3) is 0 Å². The zero-order chi connectivity index (χ0) is 20.8. The molecule has 0 radical (unpaired) electrons. The average molecular weight is 396 g/mol. The van der Waals surface area contributed by atoms with Gasteiger partial charge < -0.3 is 10.2 Å². The molecule has 2 aromatic carbocycles. The van der Waals surface area contributed by atoms with Crippen molar-refractivity contribution >= 4 is 11.6 Å². The molecule has 1 saturated heterocycles. The number of aryl methyl sites for hydroxylation is 1. The molecule has 154 valence electrons. The molecule has 3 rings (SSSR count). The van der Waals surface area contributed by atoms with Crippen molar-refractivity contribution < 1.29 is 9.72 Å². The standard InChI is InChI=1S/C23H29N3O3/c1-3-21(19-7-5-4-6-8-19)23(27)25-13-11-20(12-14-25)24-16-18-10-9-17(2)22(15-18)26(28)29/h4-10,15,20-21,24H,3,11-14,16H2,1-2H3. The molecular weight excluding hydrogens is 366 g/mol. The van der Waals surface area contributed by atoms with Crippen LogP contribution in [0, 0.1) is 17.0 Å². The van der Waals surface area contributed by atoms with Gasteiger partial charge in [-0.3, -0.25) is 14.9 Å². The molecule has 0 saturated carbocycles. The van der Waals surface area contributed by atoms with Gasteiger partial charge in [-0.2, -0.15) is 0 Å². The third kappa shape index (κ3) is 5.21. The first-order valence-electron chi connectivity index (χ1n) is 10.3. The number of nitrogens with zero attached hydrogens (tertiary/aromatic N) is 2. The first-order valence-corrected chi connectivity index (χ1v) is 10.3. The summed E-state index contributed by atoms with van der Waals surface area (Å²) < 4.78 is 0. The van der Waals surface area contributed by atoms with E-state index < -0.39 is 0 Å². The lowest BCUT2D eigenvalue weighted by Gasteiger charge is -2.34. The van der Waals surface area contributed by atoms with Gasteiger partial charge in [-0.25, -0.2) is 0 Å². The highest BCUT2D eigenvalue weighted by Crippen LogP contribution is 2.24. The highest BCUT2D eigenvalue weighted by molar-refractivity contribution is 5.83. The van der Waals surface area contributed by atoms with Gasteiger partial charge in [0.2, 0.25) is 5.91 Å². The molecule has 6 heteroatoms. The molecule has 1 fully saturated rings. The van der Waals surface area contributed by atoms with E-state index in [1.807, 2.05) is 41.3 Å². The van der Waals surface area contributed by atoms with Gasteiger partial charge in [0.1, 0.15) is 0 Å². The van der Waals surface area contributed by atoms with Gasteiger partial charge in [-0.1, -0.05) is 49.4 Å². The number of benzene rings is 2. The van der Waals surface area contributed by atoms with Crippen LogP contribution in [0.5, 0.6) is 0 Å². The summed E-state index contributed by atoms with van der Waals surface area (Å²) in [5, 5.41) is 14.6. The minimum absolute atomic E-state index is 0.0752. The predicted octanol–water partition coefficient (Wildman–Crippen LogP) is 4.18. The highest BCUT2D eigenvalue weighted by Gasteiger charge is 2.28. The maximum Gasteiger partial charge on any atom is 0.272 e. The first kappa shape index (κ1) is 21.0. The number of hydrogen-bond donors (Lipinski definition) is 1. The lowest BCUT2D eigenvalue weighted by atomic mass is 9.93. The summed E-state index contributed by atoms with van der Waals surface area (Å²) in [4.78, 5) is 25.7. The molecule has 1 amide bonds. The number of rotatable bonds is 7. The Kier molecular flexibility index (Phi) is 6.99.